The number of ether oxygens (including phenoxy) is 3. The number of anilines is 2. The van der Waals surface area contributed by atoms with Crippen molar-refractivity contribution in [2.45, 2.75) is 58.0 Å². The molecule has 0 radical (unpaired) electrons. The third-order valence-corrected chi connectivity index (χ3v) is 8.04. The maximum Gasteiger partial charge on any atom is 0.415 e. The van der Waals surface area contributed by atoms with Gasteiger partial charge in [-0.1, -0.05) is 24.1 Å². The third kappa shape index (κ3) is 11.3. The van der Waals surface area contributed by atoms with Crippen molar-refractivity contribution in [3.8, 4) is 17.6 Å². The Labute approximate surface area is 285 Å². The fourth-order valence-corrected chi connectivity index (χ4v) is 5.85. The standard InChI is InChI=1S/C36H47F3N4O6/c1-35(2,3)49-34(46)42(32-11-5-6-13-33(32)45)16-8-9-27-23-28-30(10-7-12-31(28)43(27)25-36(37,38)39)40-29-14-17-41(4)24-26(29)15-19-47-21-22-48-20-18-44/h5-7,10-13,23,26,29,40,44-45H,14-22,24-25H2,1-4H3. The molecule has 1 amide bonds. The van der Waals surface area contributed by atoms with Gasteiger partial charge in [0.1, 0.15) is 17.9 Å². The van der Waals surface area contributed by atoms with E-state index < -0.39 is 24.4 Å². The van der Waals surface area contributed by atoms with Crippen molar-refractivity contribution < 1.29 is 42.4 Å². The minimum absolute atomic E-state index is 0.0332. The minimum atomic E-state index is -4.51. The molecule has 0 spiro atoms. The highest BCUT2D eigenvalue weighted by atomic mass is 19.4. The molecule has 1 saturated heterocycles. The number of nitrogens with zero attached hydrogens (tertiary/aromatic N) is 3. The number of hydrogen-bond acceptors (Lipinski definition) is 8. The van der Waals surface area contributed by atoms with Crippen molar-refractivity contribution in [1.29, 1.82) is 0 Å². The highest BCUT2D eigenvalue weighted by molar-refractivity contribution is 5.94. The smallest absolute Gasteiger partial charge is 0.415 e. The number of aliphatic hydroxyl groups excluding tert-OH is 1. The maximum atomic E-state index is 13.9. The maximum absolute atomic E-state index is 13.9. The summed E-state index contributed by atoms with van der Waals surface area (Å²) >= 11 is 0. The molecule has 49 heavy (non-hydrogen) atoms. The molecule has 0 saturated carbocycles. The van der Waals surface area contributed by atoms with Crippen molar-refractivity contribution in [3.05, 3.63) is 54.2 Å². The number of aromatic hydroxyl groups is 1. The van der Waals surface area contributed by atoms with Crippen LogP contribution in [-0.4, -0.2) is 103 Å². The number of hydrogen-bond donors (Lipinski definition) is 3. The van der Waals surface area contributed by atoms with Gasteiger partial charge in [0.2, 0.25) is 0 Å². The first-order valence-electron chi connectivity index (χ1n) is 16.4. The topological polar surface area (TPSA) is 109 Å². The number of benzene rings is 2. The monoisotopic (exact) mass is 688 g/mol. The Hall–Kier alpha value is -3.96. The number of phenols is 1. The molecular formula is C36H47F3N4O6. The van der Waals surface area contributed by atoms with Crippen LogP contribution in [0, 0.1) is 17.8 Å². The van der Waals surface area contributed by atoms with Crippen molar-refractivity contribution in [2.24, 2.45) is 5.92 Å². The zero-order valence-electron chi connectivity index (χ0n) is 28.6. The summed E-state index contributed by atoms with van der Waals surface area (Å²) in [6.45, 7) is 6.97. The van der Waals surface area contributed by atoms with E-state index in [-0.39, 0.29) is 48.8 Å². The summed E-state index contributed by atoms with van der Waals surface area (Å²) in [5, 5.41) is 23.5. The molecule has 2 aromatic carbocycles. The fraction of sp³-hybridized carbons (Fsp3) is 0.528. The van der Waals surface area contributed by atoms with E-state index in [2.05, 4.69) is 29.1 Å². The molecular weight excluding hydrogens is 641 g/mol. The van der Waals surface area contributed by atoms with Gasteiger partial charge in [-0.05, 0) is 89.4 Å². The van der Waals surface area contributed by atoms with Gasteiger partial charge < -0.3 is 39.2 Å². The quantitative estimate of drug-likeness (QED) is 0.152. The van der Waals surface area contributed by atoms with Gasteiger partial charge in [0.05, 0.1) is 49.9 Å². The van der Waals surface area contributed by atoms with Gasteiger partial charge in [-0.3, -0.25) is 4.90 Å². The number of nitrogens with one attached hydrogen (secondary N) is 1. The van der Waals surface area contributed by atoms with E-state index >= 15 is 0 Å². The first-order valence-corrected chi connectivity index (χ1v) is 16.4. The molecule has 13 heteroatoms. The summed E-state index contributed by atoms with van der Waals surface area (Å²) in [7, 11) is 2.07. The number of para-hydroxylation sites is 2. The first kappa shape index (κ1) is 37.9. The number of amides is 1. The summed E-state index contributed by atoms with van der Waals surface area (Å²) < 4.78 is 59.3. The second-order valence-electron chi connectivity index (χ2n) is 13.1. The molecule has 2 unspecified atom stereocenters. The van der Waals surface area contributed by atoms with Crippen LogP contribution in [0.2, 0.25) is 0 Å². The molecule has 2 heterocycles. The lowest BCUT2D eigenvalue weighted by Gasteiger charge is -2.38. The van der Waals surface area contributed by atoms with E-state index in [4.69, 9.17) is 19.3 Å². The van der Waals surface area contributed by atoms with E-state index in [1.807, 2.05) is 6.07 Å². The number of halogens is 3. The number of rotatable bonds is 13. The molecule has 1 fully saturated rings. The van der Waals surface area contributed by atoms with Crippen molar-refractivity contribution >= 4 is 28.4 Å². The van der Waals surface area contributed by atoms with Crippen LogP contribution < -0.4 is 10.2 Å². The van der Waals surface area contributed by atoms with Gasteiger partial charge in [0.15, 0.2) is 0 Å². The molecule has 10 nitrogen and oxygen atoms in total. The van der Waals surface area contributed by atoms with Crippen molar-refractivity contribution in [1.82, 2.24) is 9.47 Å². The SMILES string of the molecule is CN1CCC(Nc2cccc3c2cc(C#CCN(C(=O)OC(C)(C)C)c2ccccc2O)n3CC(F)(F)F)C(CCOCCOCCO)C1. The molecule has 0 aliphatic carbocycles. The van der Waals surface area contributed by atoms with Crippen molar-refractivity contribution in [2.75, 3.05) is 69.9 Å². The lowest BCUT2D eigenvalue weighted by atomic mass is 9.89. The van der Waals surface area contributed by atoms with Gasteiger partial charge in [-0.15, -0.1) is 0 Å². The van der Waals surface area contributed by atoms with E-state index in [9.17, 15) is 23.1 Å². The minimum Gasteiger partial charge on any atom is -0.506 e. The number of piperidine rings is 1. The summed E-state index contributed by atoms with van der Waals surface area (Å²) in [5.41, 5.74) is 0.572. The molecule has 3 N–H and O–H groups in total. The summed E-state index contributed by atoms with van der Waals surface area (Å²) in [5.74, 6) is 5.79. The van der Waals surface area contributed by atoms with E-state index in [0.717, 1.165) is 35.4 Å². The molecule has 268 valence electrons. The number of alkyl halides is 3. The summed E-state index contributed by atoms with van der Waals surface area (Å²) in [6.07, 6.45) is -3.62. The Balaban J connectivity index is 1.60. The lowest BCUT2D eigenvalue weighted by Crippen LogP contribution is -2.45. The molecule has 4 rings (SSSR count). The van der Waals surface area contributed by atoms with Crippen LogP contribution in [0.25, 0.3) is 10.9 Å². The molecule has 1 aliphatic rings. The number of carbonyl (C=O) groups excluding carboxylic acids is 1. The van der Waals surface area contributed by atoms with E-state index in [1.54, 1.807) is 51.1 Å². The van der Waals surface area contributed by atoms with Crippen LogP contribution in [0.4, 0.5) is 29.3 Å². The molecule has 0 bridgehead atoms. The highest BCUT2D eigenvalue weighted by Gasteiger charge is 2.31. The Morgan fingerprint density at radius 1 is 1.06 bits per heavy atom. The van der Waals surface area contributed by atoms with Crippen LogP contribution in [0.15, 0.2) is 48.5 Å². The van der Waals surface area contributed by atoms with E-state index in [0.29, 0.717) is 36.4 Å². The van der Waals surface area contributed by atoms with Crippen molar-refractivity contribution in [3.63, 3.8) is 0 Å². The highest BCUT2D eigenvalue weighted by Crippen LogP contribution is 2.33. The second-order valence-corrected chi connectivity index (χ2v) is 13.1. The largest absolute Gasteiger partial charge is 0.506 e. The summed E-state index contributed by atoms with van der Waals surface area (Å²) in [6, 6.07) is 13.2. The van der Waals surface area contributed by atoms with Crippen LogP contribution in [-0.2, 0) is 20.8 Å². The van der Waals surface area contributed by atoms with Gasteiger partial charge in [0, 0.05) is 30.3 Å². The van der Waals surface area contributed by atoms with Crippen LogP contribution >= 0.6 is 0 Å². The molecule has 3 aromatic rings. The van der Waals surface area contributed by atoms with E-state index in [1.165, 1.54) is 12.1 Å². The Morgan fingerprint density at radius 2 is 1.80 bits per heavy atom. The van der Waals surface area contributed by atoms with Gasteiger partial charge >= 0.3 is 12.3 Å². The van der Waals surface area contributed by atoms with Crippen LogP contribution in [0.5, 0.6) is 5.75 Å². The average Bonchev–Trinajstić information content (AvgIpc) is 3.36. The van der Waals surface area contributed by atoms with Crippen LogP contribution in [0.1, 0.15) is 39.3 Å². The number of carbonyl (C=O) groups is 1. The van der Waals surface area contributed by atoms with Gasteiger partial charge in [-0.25, -0.2) is 4.79 Å². The number of aliphatic hydroxyl groups is 1. The third-order valence-electron chi connectivity index (χ3n) is 8.04. The first-order chi connectivity index (χ1) is 23.3. The predicted molar refractivity (Wildman–Crippen MR) is 183 cm³/mol. The molecule has 1 aliphatic heterocycles. The second kappa shape index (κ2) is 17.1. The average molecular weight is 689 g/mol. The Bertz CT molecular complexity index is 1590. The predicted octanol–water partition coefficient (Wildman–Crippen LogP) is 5.85. The lowest BCUT2D eigenvalue weighted by molar-refractivity contribution is -0.140. The Morgan fingerprint density at radius 3 is 2.49 bits per heavy atom. The van der Waals surface area contributed by atoms with Crippen LogP contribution in [0.3, 0.4) is 0 Å². The van der Waals surface area contributed by atoms with Gasteiger partial charge in [0.25, 0.3) is 0 Å². The molecule has 2 atom stereocenters. The molecule has 1 aromatic heterocycles. The summed E-state index contributed by atoms with van der Waals surface area (Å²) in [4.78, 5) is 16.5. The number of fused-ring (bicyclic) bond motifs is 1. The number of phenolic OH excluding ortho intramolecular Hbond substituents is 1. The van der Waals surface area contributed by atoms with Gasteiger partial charge in [-0.2, -0.15) is 13.2 Å². The zero-order chi connectivity index (χ0) is 35.6. The zero-order valence-corrected chi connectivity index (χ0v) is 28.6. The fourth-order valence-electron chi connectivity index (χ4n) is 5.85. The number of likely N-dealkylation sites (tertiary alicyclic amines) is 1. The number of aromatic nitrogens is 1. The Kier molecular flexibility index (Phi) is 13.2. The normalized spacial score (nSPS) is 17.1.